The van der Waals surface area contributed by atoms with Crippen molar-refractivity contribution >= 4 is 16.9 Å². The topological polar surface area (TPSA) is 56.5 Å². The van der Waals surface area contributed by atoms with Crippen molar-refractivity contribution in [2.45, 2.75) is 6.92 Å². The van der Waals surface area contributed by atoms with E-state index in [4.69, 9.17) is 9.15 Å². The lowest BCUT2D eigenvalue weighted by molar-refractivity contribution is 0.0735. The van der Waals surface area contributed by atoms with Crippen LogP contribution >= 0.6 is 0 Å². The molecule has 28 heavy (non-hydrogen) atoms. The van der Waals surface area contributed by atoms with Crippen LogP contribution in [0.4, 0.5) is 4.39 Å². The van der Waals surface area contributed by atoms with Crippen LogP contribution in [-0.2, 0) is 0 Å². The van der Waals surface area contributed by atoms with Gasteiger partial charge < -0.3 is 9.15 Å². The van der Waals surface area contributed by atoms with Gasteiger partial charge in [-0.1, -0.05) is 30.3 Å². The van der Waals surface area contributed by atoms with Crippen molar-refractivity contribution in [1.29, 1.82) is 0 Å². The van der Waals surface area contributed by atoms with Crippen LogP contribution < -0.4 is 10.4 Å². The number of aryl methyl sites for hydroxylation is 1. The van der Waals surface area contributed by atoms with Gasteiger partial charge in [0.05, 0.1) is 11.1 Å². The normalized spacial score (nSPS) is 10.8. The van der Waals surface area contributed by atoms with Crippen molar-refractivity contribution in [1.82, 2.24) is 0 Å². The molecule has 4 rings (SSSR count). The fraction of sp³-hybridized carbons (Fsp3) is 0.0435. The predicted octanol–water partition coefficient (Wildman–Crippen LogP) is 5.13. The molecule has 0 atom stereocenters. The molecule has 0 amide bonds. The monoisotopic (exact) mass is 374 g/mol. The highest BCUT2D eigenvalue weighted by atomic mass is 19.1. The molecular formula is C23H15FO4. The number of ether oxygens (including phenoxy) is 1. The molecule has 0 N–H and O–H groups in total. The number of halogens is 1. The predicted molar refractivity (Wildman–Crippen MR) is 104 cm³/mol. The van der Waals surface area contributed by atoms with E-state index in [9.17, 15) is 14.0 Å². The lowest BCUT2D eigenvalue weighted by atomic mass is 9.99. The first kappa shape index (κ1) is 17.7. The molecule has 3 aromatic carbocycles. The van der Waals surface area contributed by atoms with E-state index in [0.29, 0.717) is 22.3 Å². The highest BCUT2D eigenvalue weighted by Crippen LogP contribution is 2.29. The van der Waals surface area contributed by atoms with E-state index in [1.807, 2.05) is 37.3 Å². The molecule has 0 saturated carbocycles. The zero-order valence-corrected chi connectivity index (χ0v) is 14.9. The number of carbonyl (C=O) groups is 1. The maximum absolute atomic E-state index is 13.0. The molecule has 4 nitrogen and oxygen atoms in total. The number of benzene rings is 3. The number of hydrogen-bond acceptors (Lipinski definition) is 4. The third kappa shape index (κ3) is 3.30. The zero-order valence-electron chi connectivity index (χ0n) is 14.9. The summed E-state index contributed by atoms with van der Waals surface area (Å²) in [7, 11) is 0. The maximum atomic E-state index is 13.0. The van der Waals surface area contributed by atoms with Gasteiger partial charge in [0.1, 0.15) is 17.1 Å². The van der Waals surface area contributed by atoms with Crippen LogP contribution in [0.5, 0.6) is 5.75 Å². The van der Waals surface area contributed by atoms with Crippen LogP contribution in [0.2, 0.25) is 0 Å². The maximum Gasteiger partial charge on any atom is 0.344 e. The Kier molecular flexibility index (Phi) is 4.49. The van der Waals surface area contributed by atoms with E-state index < -0.39 is 17.4 Å². The van der Waals surface area contributed by atoms with Crippen molar-refractivity contribution in [2.75, 3.05) is 0 Å². The second-order valence-corrected chi connectivity index (χ2v) is 6.31. The Morgan fingerprint density at radius 1 is 0.964 bits per heavy atom. The summed E-state index contributed by atoms with van der Waals surface area (Å²) in [6.07, 6.45) is 0. The van der Waals surface area contributed by atoms with Gasteiger partial charge in [0.2, 0.25) is 0 Å². The van der Waals surface area contributed by atoms with Gasteiger partial charge in [-0.3, -0.25) is 0 Å². The van der Waals surface area contributed by atoms with E-state index in [0.717, 1.165) is 11.1 Å². The van der Waals surface area contributed by atoms with E-state index in [1.54, 1.807) is 18.2 Å². The molecular weight excluding hydrogens is 359 g/mol. The largest absolute Gasteiger partial charge is 0.423 e. The van der Waals surface area contributed by atoms with E-state index >= 15 is 0 Å². The first-order chi connectivity index (χ1) is 13.5. The molecule has 138 valence electrons. The number of rotatable bonds is 3. The van der Waals surface area contributed by atoms with E-state index in [-0.39, 0.29) is 5.56 Å². The Morgan fingerprint density at radius 3 is 2.39 bits per heavy atom. The minimum absolute atomic E-state index is 0.239. The Balaban J connectivity index is 1.75. The molecule has 0 spiro atoms. The molecule has 0 bridgehead atoms. The van der Waals surface area contributed by atoms with Crippen LogP contribution in [-0.4, -0.2) is 5.97 Å². The fourth-order valence-corrected chi connectivity index (χ4v) is 3.08. The Hall–Kier alpha value is -3.73. The highest BCUT2D eigenvalue weighted by Gasteiger charge is 2.15. The van der Waals surface area contributed by atoms with Gasteiger partial charge in [-0.2, -0.15) is 0 Å². The number of fused-ring (bicyclic) bond motifs is 1. The lowest BCUT2D eigenvalue weighted by Crippen LogP contribution is -2.09. The van der Waals surface area contributed by atoms with Crippen molar-refractivity contribution in [3.63, 3.8) is 0 Å². The molecule has 5 heteroatoms. The van der Waals surface area contributed by atoms with Crippen molar-refractivity contribution < 1.29 is 18.3 Å². The summed E-state index contributed by atoms with van der Waals surface area (Å²) >= 11 is 0. The van der Waals surface area contributed by atoms with Gasteiger partial charge in [-0.25, -0.2) is 14.0 Å². The first-order valence-electron chi connectivity index (χ1n) is 8.63. The molecule has 0 aliphatic rings. The minimum Gasteiger partial charge on any atom is -0.423 e. The number of hydrogen-bond donors (Lipinski definition) is 0. The lowest BCUT2D eigenvalue weighted by Gasteiger charge is -2.10. The fourth-order valence-electron chi connectivity index (χ4n) is 3.08. The average Bonchev–Trinajstić information content (AvgIpc) is 2.70. The first-order valence-corrected chi connectivity index (χ1v) is 8.63. The second kappa shape index (κ2) is 7.12. The molecule has 0 fully saturated rings. The summed E-state index contributed by atoms with van der Waals surface area (Å²) < 4.78 is 23.9. The minimum atomic E-state index is -0.599. The molecule has 0 aliphatic heterocycles. The quantitative estimate of drug-likeness (QED) is 0.283. The zero-order chi connectivity index (χ0) is 19.7. The number of esters is 1. The summed E-state index contributed by atoms with van der Waals surface area (Å²) in [4.78, 5) is 24.7. The van der Waals surface area contributed by atoms with Gasteiger partial charge in [0.25, 0.3) is 0 Å². The summed E-state index contributed by atoms with van der Waals surface area (Å²) in [5.41, 5.74) is 2.18. The molecule has 1 aromatic heterocycles. The molecule has 4 aromatic rings. The van der Waals surface area contributed by atoms with Crippen LogP contribution in [0.15, 0.2) is 82.0 Å². The molecule has 0 radical (unpaired) electrons. The second-order valence-electron chi connectivity index (χ2n) is 6.31. The molecule has 1 heterocycles. The summed E-state index contributed by atoms with van der Waals surface area (Å²) in [5, 5.41) is 0.669. The van der Waals surface area contributed by atoms with Crippen LogP contribution in [0.3, 0.4) is 0 Å². The van der Waals surface area contributed by atoms with Gasteiger partial charge in [-0.05, 0) is 60.5 Å². The molecule has 0 saturated heterocycles. The van der Waals surface area contributed by atoms with Crippen LogP contribution in [0.25, 0.3) is 22.1 Å². The van der Waals surface area contributed by atoms with Crippen LogP contribution in [0.1, 0.15) is 15.9 Å². The Labute approximate surface area is 159 Å². The Bertz CT molecular complexity index is 1230. The summed E-state index contributed by atoms with van der Waals surface area (Å²) in [5.74, 6) is -0.725. The summed E-state index contributed by atoms with van der Waals surface area (Å²) in [6, 6.07) is 19.1. The summed E-state index contributed by atoms with van der Waals surface area (Å²) in [6.45, 7) is 1.83. The molecule has 0 unspecified atom stereocenters. The Morgan fingerprint density at radius 2 is 1.68 bits per heavy atom. The van der Waals surface area contributed by atoms with Crippen LogP contribution in [0, 0.1) is 12.7 Å². The SMILES string of the molecule is Cc1c(-c2ccccc2)c(=O)oc2ccc(OC(=O)c3ccc(F)cc3)cc12. The van der Waals surface area contributed by atoms with Crippen molar-refractivity contribution in [3.05, 3.63) is 100 Å². The third-order valence-electron chi connectivity index (χ3n) is 4.49. The smallest absolute Gasteiger partial charge is 0.344 e. The average molecular weight is 374 g/mol. The van der Waals surface area contributed by atoms with Gasteiger partial charge in [-0.15, -0.1) is 0 Å². The van der Waals surface area contributed by atoms with E-state index in [1.165, 1.54) is 24.3 Å². The van der Waals surface area contributed by atoms with Gasteiger partial charge in [0.15, 0.2) is 0 Å². The van der Waals surface area contributed by atoms with E-state index in [2.05, 4.69) is 0 Å². The highest BCUT2D eigenvalue weighted by molar-refractivity contribution is 5.92. The van der Waals surface area contributed by atoms with Gasteiger partial charge >= 0.3 is 11.6 Å². The number of carbonyl (C=O) groups excluding carboxylic acids is 1. The van der Waals surface area contributed by atoms with Crippen molar-refractivity contribution in [3.8, 4) is 16.9 Å². The standard InChI is InChI=1S/C23H15FO4/c1-14-19-13-18(27-22(25)16-7-9-17(24)10-8-16)11-12-20(19)28-23(26)21(14)15-5-3-2-4-6-15/h2-13H,1H3. The van der Waals surface area contributed by atoms with Crippen molar-refractivity contribution in [2.24, 2.45) is 0 Å². The molecule has 0 aliphatic carbocycles. The van der Waals surface area contributed by atoms with Gasteiger partial charge in [0, 0.05) is 5.39 Å². The third-order valence-corrected chi connectivity index (χ3v) is 4.49.